The predicted octanol–water partition coefficient (Wildman–Crippen LogP) is 3.23. The molecule has 0 N–H and O–H groups in total. The lowest BCUT2D eigenvalue weighted by Crippen LogP contribution is -2.15. The fourth-order valence-corrected chi connectivity index (χ4v) is 2.81. The zero-order valence-corrected chi connectivity index (χ0v) is 15.1. The van der Waals surface area contributed by atoms with Gasteiger partial charge in [0.2, 0.25) is 0 Å². The third-order valence-corrected chi connectivity index (χ3v) is 4.06. The van der Waals surface area contributed by atoms with Crippen molar-refractivity contribution in [3.8, 4) is 29.3 Å². The summed E-state index contributed by atoms with van der Waals surface area (Å²) in [5.74, 6) is -0.0156. The van der Waals surface area contributed by atoms with E-state index >= 15 is 0 Å². The monoisotopic (exact) mass is 378 g/mol. The lowest BCUT2D eigenvalue weighted by atomic mass is 10.00. The average Bonchev–Trinajstić information content (AvgIpc) is 3.13. The van der Waals surface area contributed by atoms with Crippen molar-refractivity contribution in [1.82, 2.24) is 9.78 Å². The van der Waals surface area contributed by atoms with Gasteiger partial charge in [-0.25, -0.2) is 18.7 Å². The van der Waals surface area contributed by atoms with Crippen molar-refractivity contribution in [1.29, 1.82) is 0 Å². The molecule has 0 aliphatic heterocycles. The first-order valence-corrected chi connectivity index (χ1v) is 8.14. The summed E-state index contributed by atoms with van der Waals surface area (Å²) >= 11 is 0. The summed E-state index contributed by atoms with van der Waals surface area (Å²) < 4.78 is 25.5. The van der Waals surface area contributed by atoms with Crippen LogP contribution in [0.1, 0.15) is 26.4 Å². The van der Waals surface area contributed by atoms with E-state index < -0.39 is 17.8 Å². The van der Waals surface area contributed by atoms with Gasteiger partial charge in [-0.3, -0.25) is 0 Å². The van der Waals surface area contributed by atoms with Crippen LogP contribution >= 0.6 is 0 Å². The molecule has 0 atom stereocenters. The van der Waals surface area contributed by atoms with Crippen LogP contribution in [-0.2, 0) is 9.47 Å². The highest BCUT2D eigenvalue weighted by Crippen LogP contribution is 2.32. The average molecular weight is 378 g/mol. The Morgan fingerprint density at radius 3 is 2.32 bits per heavy atom. The number of para-hydroxylation sites is 1. The second-order valence-electron chi connectivity index (χ2n) is 5.61. The molecule has 0 radical (unpaired) electrons. The molecule has 0 saturated carbocycles. The Bertz CT molecular complexity index is 1100. The Kier molecular flexibility index (Phi) is 5.23. The highest BCUT2D eigenvalue weighted by molar-refractivity contribution is 6.07. The van der Waals surface area contributed by atoms with Gasteiger partial charge < -0.3 is 9.47 Å². The zero-order valence-electron chi connectivity index (χ0n) is 15.1. The second-order valence-corrected chi connectivity index (χ2v) is 5.61. The molecule has 140 valence electrons. The first-order chi connectivity index (χ1) is 13.5. The van der Waals surface area contributed by atoms with E-state index in [9.17, 15) is 14.0 Å². The molecule has 7 heteroatoms. The third-order valence-electron chi connectivity index (χ3n) is 4.06. The van der Waals surface area contributed by atoms with E-state index in [0.29, 0.717) is 5.69 Å². The van der Waals surface area contributed by atoms with E-state index in [2.05, 4.69) is 11.0 Å². The molecule has 1 heterocycles. The lowest BCUT2D eigenvalue weighted by molar-refractivity contribution is 0.0549. The normalized spacial score (nSPS) is 10.2. The maximum Gasteiger partial charge on any atom is 0.357 e. The smallest absolute Gasteiger partial charge is 0.357 e. The van der Waals surface area contributed by atoms with Crippen molar-refractivity contribution in [2.45, 2.75) is 0 Å². The van der Waals surface area contributed by atoms with Crippen molar-refractivity contribution >= 4 is 11.9 Å². The molecule has 0 saturated heterocycles. The Balaban J connectivity index is 2.45. The van der Waals surface area contributed by atoms with Crippen LogP contribution in [0.4, 0.5) is 4.39 Å². The summed E-state index contributed by atoms with van der Waals surface area (Å²) in [5.41, 5.74) is 0.0335. The van der Waals surface area contributed by atoms with Crippen molar-refractivity contribution in [2.75, 3.05) is 14.2 Å². The summed E-state index contributed by atoms with van der Waals surface area (Å²) in [7, 11) is 2.32. The van der Waals surface area contributed by atoms with Crippen LogP contribution in [-0.4, -0.2) is 35.9 Å². The molecule has 0 fully saturated rings. The van der Waals surface area contributed by atoms with Crippen LogP contribution in [0.15, 0.2) is 48.5 Å². The summed E-state index contributed by atoms with van der Waals surface area (Å²) in [4.78, 5) is 25.1. The van der Waals surface area contributed by atoms with Crippen LogP contribution < -0.4 is 0 Å². The van der Waals surface area contributed by atoms with Gasteiger partial charge in [-0.15, -0.1) is 6.42 Å². The summed E-state index contributed by atoms with van der Waals surface area (Å²) in [6.07, 6.45) is 5.50. The Hall–Kier alpha value is -3.92. The standard InChI is InChI=1S/C21H15FN2O4/c1-4-13-9-8-12-15(22)16(13)18-17(20(25)27-2)19(21(26)28-3)24(23-18)14-10-6-5-7-11-14/h1,5-12H,2-3H3. The number of methoxy groups -OCH3 is 2. The molecule has 3 rings (SSSR count). The lowest BCUT2D eigenvalue weighted by Gasteiger charge is -2.07. The molecule has 3 aromatic rings. The van der Waals surface area contributed by atoms with E-state index in [0.717, 1.165) is 7.11 Å². The molecule has 0 aliphatic carbocycles. The maximum absolute atomic E-state index is 14.7. The fourth-order valence-electron chi connectivity index (χ4n) is 2.81. The Labute approximate surface area is 160 Å². The number of nitrogens with zero attached hydrogens (tertiary/aromatic N) is 2. The van der Waals surface area contributed by atoms with Crippen molar-refractivity contribution in [3.63, 3.8) is 0 Å². The number of esters is 2. The molecule has 0 spiro atoms. The number of hydrogen-bond donors (Lipinski definition) is 0. The fraction of sp³-hybridized carbons (Fsp3) is 0.0952. The number of carbonyl (C=O) groups excluding carboxylic acids is 2. The molecular formula is C21H15FN2O4. The van der Waals surface area contributed by atoms with Crippen LogP contribution in [0.3, 0.4) is 0 Å². The Morgan fingerprint density at radius 1 is 1.04 bits per heavy atom. The molecule has 28 heavy (non-hydrogen) atoms. The summed E-state index contributed by atoms with van der Waals surface area (Å²) in [6.45, 7) is 0. The van der Waals surface area contributed by atoms with Gasteiger partial charge in [-0.2, -0.15) is 5.10 Å². The minimum absolute atomic E-state index is 0.0785. The number of ether oxygens (including phenoxy) is 2. The van der Waals surface area contributed by atoms with E-state index in [1.54, 1.807) is 30.3 Å². The molecule has 0 unspecified atom stereocenters. The highest BCUT2D eigenvalue weighted by Gasteiger charge is 2.33. The van der Waals surface area contributed by atoms with Gasteiger partial charge in [0.15, 0.2) is 5.69 Å². The minimum Gasteiger partial charge on any atom is -0.465 e. The van der Waals surface area contributed by atoms with E-state index in [4.69, 9.17) is 15.9 Å². The summed E-state index contributed by atoms with van der Waals surface area (Å²) in [5, 5.41) is 4.34. The number of rotatable bonds is 4. The SMILES string of the molecule is C#Cc1cccc(F)c1-c1nn(-c2ccccc2)c(C(=O)OC)c1C(=O)OC. The van der Waals surface area contributed by atoms with Crippen LogP contribution in [0, 0.1) is 18.2 Å². The molecule has 0 bridgehead atoms. The molecule has 0 aliphatic rings. The first-order valence-electron chi connectivity index (χ1n) is 8.14. The zero-order chi connectivity index (χ0) is 20.3. The van der Waals surface area contributed by atoms with Crippen LogP contribution in [0.2, 0.25) is 0 Å². The van der Waals surface area contributed by atoms with E-state index in [1.165, 1.54) is 30.0 Å². The number of aromatic nitrogens is 2. The molecular weight excluding hydrogens is 363 g/mol. The van der Waals surface area contributed by atoms with Crippen molar-refractivity contribution in [3.05, 3.63) is 71.2 Å². The molecule has 1 aromatic heterocycles. The molecule has 6 nitrogen and oxygen atoms in total. The molecule has 0 amide bonds. The van der Waals surface area contributed by atoms with Gasteiger partial charge in [-0.05, 0) is 24.3 Å². The van der Waals surface area contributed by atoms with E-state index in [1.807, 2.05) is 0 Å². The Morgan fingerprint density at radius 2 is 1.71 bits per heavy atom. The second kappa shape index (κ2) is 7.76. The van der Waals surface area contributed by atoms with Crippen molar-refractivity contribution in [2.24, 2.45) is 0 Å². The predicted molar refractivity (Wildman–Crippen MR) is 99.6 cm³/mol. The highest BCUT2D eigenvalue weighted by atomic mass is 19.1. The molecule has 2 aromatic carbocycles. The number of benzene rings is 2. The van der Waals surface area contributed by atoms with Gasteiger partial charge in [0.25, 0.3) is 0 Å². The largest absolute Gasteiger partial charge is 0.465 e. The van der Waals surface area contributed by atoms with E-state index in [-0.39, 0.29) is 28.1 Å². The van der Waals surface area contributed by atoms with Gasteiger partial charge in [0.05, 0.1) is 25.5 Å². The number of hydrogen-bond acceptors (Lipinski definition) is 5. The van der Waals surface area contributed by atoms with Gasteiger partial charge in [0.1, 0.15) is 17.1 Å². The van der Waals surface area contributed by atoms with Crippen LogP contribution in [0.5, 0.6) is 0 Å². The number of carbonyl (C=O) groups is 2. The van der Waals surface area contributed by atoms with Gasteiger partial charge in [0, 0.05) is 5.56 Å². The maximum atomic E-state index is 14.7. The van der Waals surface area contributed by atoms with Gasteiger partial charge in [-0.1, -0.05) is 30.2 Å². The van der Waals surface area contributed by atoms with Crippen molar-refractivity contribution < 1.29 is 23.5 Å². The number of terminal acetylenes is 1. The quantitative estimate of drug-likeness (QED) is 0.515. The third kappa shape index (κ3) is 3.12. The van der Waals surface area contributed by atoms with Gasteiger partial charge >= 0.3 is 11.9 Å². The first kappa shape index (κ1) is 18.9. The van der Waals surface area contributed by atoms with Crippen LogP contribution in [0.25, 0.3) is 16.9 Å². The minimum atomic E-state index is -0.871. The topological polar surface area (TPSA) is 70.4 Å². The summed E-state index contributed by atoms with van der Waals surface area (Å²) in [6, 6.07) is 12.7. The number of halogens is 1.